The van der Waals surface area contributed by atoms with Crippen LogP contribution in [0, 0.1) is 35.2 Å². The van der Waals surface area contributed by atoms with Crippen LogP contribution in [-0.2, 0) is 0 Å². The lowest BCUT2D eigenvalue weighted by molar-refractivity contribution is 0.190. The second-order valence-electron chi connectivity index (χ2n) is 13.8. The topological polar surface area (TPSA) is 9.23 Å². The highest BCUT2D eigenvalue weighted by Crippen LogP contribution is 2.43. The number of hydrogen-bond acceptors (Lipinski definition) is 1. The highest BCUT2D eigenvalue weighted by Gasteiger charge is 2.29. The molecule has 47 heavy (non-hydrogen) atoms. The maximum absolute atomic E-state index is 15.5. The number of halogens is 3. The van der Waals surface area contributed by atoms with Gasteiger partial charge in [0, 0.05) is 11.1 Å². The van der Waals surface area contributed by atoms with Crippen molar-refractivity contribution in [3.8, 4) is 28.0 Å². The molecule has 0 bridgehead atoms. The first-order chi connectivity index (χ1) is 23.0. The van der Waals surface area contributed by atoms with Gasteiger partial charge in [0.1, 0.15) is 5.82 Å². The zero-order valence-corrected chi connectivity index (χ0v) is 28.5. The predicted octanol–water partition coefficient (Wildman–Crippen LogP) is 13.5. The van der Waals surface area contributed by atoms with Crippen LogP contribution in [0.15, 0.2) is 72.8 Å². The third-order valence-corrected chi connectivity index (χ3v) is 10.6. The number of rotatable bonds is 15. The Bertz CT molecular complexity index is 1480. The van der Waals surface area contributed by atoms with Gasteiger partial charge in [-0.25, -0.2) is 8.78 Å². The van der Waals surface area contributed by atoms with Crippen molar-refractivity contribution >= 4 is 5.57 Å². The monoisotopic (exact) mass is 642 g/mol. The van der Waals surface area contributed by atoms with E-state index in [2.05, 4.69) is 32.1 Å². The van der Waals surface area contributed by atoms with Crippen molar-refractivity contribution in [3.63, 3.8) is 0 Å². The van der Waals surface area contributed by atoms with Crippen molar-refractivity contribution in [2.45, 2.75) is 110 Å². The summed E-state index contributed by atoms with van der Waals surface area (Å²) in [6.07, 6.45) is 24.4. The largest absolute Gasteiger partial charge is 0.490 e. The van der Waals surface area contributed by atoms with Crippen LogP contribution >= 0.6 is 0 Å². The summed E-state index contributed by atoms with van der Waals surface area (Å²) in [5.41, 5.74) is 4.17. The van der Waals surface area contributed by atoms with Gasteiger partial charge in [-0.05, 0) is 117 Å². The number of benzene rings is 3. The van der Waals surface area contributed by atoms with Gasteiger partial charge in [0.25, 0.3) is 0 Å². The van der Waals surface area contributed by atoms with E-state index in [0.717, 1.165) is 73.0 Å². The van der Waals surface area contributed by atoms with E-state index in [0.29, 0.717) is 17.7 Å². The SMILES string of the molecule is C/C=C/CCC1CCC(C2CC=C(c3ccc(-c4ccc(-c5ccc(OCCCCCCCC)c(F)c5F)cc4)cc3F)CC2)CC1. The molecule has 0 amide bonds. The third-order valence-electron chi connectivity index (χ3n) is 10.6. The maximum atomic E-state index is 15.5. The smallest absolute Gasteiger partial charge is 0.201 e. The summed E-state index contributed by atoms with van der Waals surface area (Å²) in [6.45, 7) is 4.66. The van der Waals surface area contributed by atoms with Gasteiger partial charge >= 0.3 is 0 Å². The number of hydrogen-bond donors (Lipinski definition) is 0. The van der Waals surface area contributed by atoms with E-state index in [-0.39, 0.29) is 17.1 Å². The second-order valence-corrected chi connectivity index (χ2v) is 13.8. The lowest BCUT2D eigenvalue weighted by Gasteiger charge is -2.35. The standard InChI is InChI=1S/C43H53F3O/c1-3-5-7-8-9-11-29-47-41-28-27-39(42(45)43(41)46)36-23-19-34(20-24-36)37-25-26-38(40(44)30-37)35-21-17-33(18-22-35)32-15-13-31(14-16-32)12-10-6-4-2/h4,6,19-21,23-28,30-33H,3,5,7-18,22,29H2,1-2H3/b6-4+. The first-order valence-electron chi connectivity index (χ1n) is 18.3. The van der Waals surface area contributed by atoms with Gasteiger partial charge in [0.15, 0.2) is 11.6 Å². The predicted molar refractivity (Wildman–Crippen MR) is 191 cm³/mol. The Morgan fingerprint density at radius 2 is 1.43 bits per heavy atom. The van der Waals surface area contributed by atoms with Gasteiger partial charge in [-0.3, -0.25) is 0 Å². The molecule has 0 spiro atoms. The number of ether oxygens (including phenoxy) is 1. The van der Waals surface area contributed by atoms with E-state index >= 15 is 8.78 Å². The zero-order chi connectivity index (χ0) is 33.0. The van der Waals surface area contributed by atoms with Gasteiger partial charge in [-0.1, -0.05) is 106 Å². The molecule has 0 aromatic heterocycles. The number of allylic oxidation sites excluding steroid dienone is 4. The fourth-order valence-electron chi connectivity index (χ4n) is 7.70. The fraction of sp³-hybridized carbons (Fsp3) is 0.488. The minimum atomic E-state index is -0.957. The van der Waals surface area contributed by atoms with E-state index in [4.69, 9.17) is 4.74 Å². The van der Waals surface area contributed by atoms with Crippen LogP contribution in [0.1, 0.15) is 116 Å². The molecular formula is C43H53F3O. The fourth-order valence-corrected chi connectivity index (χ4v) is 7.70. The van der Waals surface area contributed by atoms with E-state index in [1.807, 2.05) is 24.3 Å². The molecule has 0 radical (unpaired) electrons. The molecule has 0 N–H and O–H groups in total. The van der Waals surface area contributed by atoms with E-state index < -0.39 is 11.6 Å². The quantitative estimate of drug-likeness (QED) is 0.118. The summed E-state index contributed by atoms with van der Waals surface area (Å²) in [7, 11) is 0. The molecule has 1 unspecified atom stereocenters. The average Bonchev–Trinajstić information content (AvgIpc) is 3.10. The molecule has 5 rings (SSSR count). The first kappa shape index (κ1) is 35.0. The Morgan fingerprint density at radius 1 is 0.723 bits per heavy atom. The first-order valence-corrected chi connectivity index (χ1v) is 18.3. The van der Waals surface area contributed by atoms with Gasteiger partial charge in [-0.2, -0.15) is 4.39 Å². The molecule has 1 fully saturated rings. The van der Waals surface area contributed by atoms with Crippen molar-refractivity contribution in [2.24, 2.45) is 17.8 Å². The van der Waals surface area contributed by atoms with Crippen molar-refractivity contribution in [2.75, 3.05) is 6.61 Å². The van der Waals surface area contributed by atoms with Crippen molar-refractivity contribution in [1.82, 2.24) is 0 Å². The van der Waals surface area contributed by atoms with E-state index in [1.165, 1.54) is 63.9 Å². The molecule has 4 heteroatoms. The molecule has 252 valence electrons. The zero-order valence-electron chi connectivity index (χ0n) is 28.5. The van der Waals surface area contributed by atoms with Gasteiger partial charge in [0.05, 0.1) is 6.61 Å². The molecule has 0 saturated heterocycles. The van der Waals surface area contributed by atoms with Crippen LogP contribution in [-0.4, -0.2) is 6.61 Å². The summed E-state index contributed by atoms with van der Waals surface area (Å²) >= 11 is 0. The van der Waals surface area contributed by atoms with Gasteiger partial charge < -0.3 is 4.74 Å². The minimum Gasteiger partial charge on any atom is -0.490 e. The molecule has 1 saturated carbocycles. The molecule has 0 aliphatic heterocycles. The Labute approximate surface area is 281 Å². The molecule has 3 aromatic carbocycles. The summed E-state index contributed by atoms with van der Waals surface area (Å²) < 4.78 is 50.9. The summed E-state index contributed by atoms with van der Waals surface area (Å²) in [5, 5.41) is 0. The molecule has 0 heterocycles. The molecule has 1 nitrogen and oxygen atoms in total. The highest BCUT2D eigenvalue weighted by molar-refractivity contribution is 5.74. The van der Waals surface area contributed by atoms with Crippen LogP contribution in [0.25, 0.3) is 27.8 Å². The highest BCUT2D eigenvalue weighted by atomic mass is 19.2. The van der Waals surface area contributed by atoms with Crippen molar-refractivity contribution in [3.05, 3.63) is 95.8 Å². The normalized spacial score (nSPS) is 20.0. The molecule has 1 atom stereocenters. The van der Waals surface area contributed by atoms with Gasteiger partial charge in [-0.15, -0.1) is 0 Å². The van der Waals surface area contributed by atoms with Crippen LogP contribution < -0.4 is 4.74 Å². The molecular weight excluding hydrogens is 589 g/mol. The van der Waals surface area contributed by atoms with Gasteiger partial charge in [0.2, 0.25) is 5.82 Å². The average molecular weight is 643 g/mol. The maximum Gasteiger partial charge on any atom is 0.201 e. The van der Waals surface area contributed by atoms with Crippen LogP contribution in [0.5, 0.6) is 5.75 Å². The minimum absolute atomic E-state index is 0.0473. The summed E-state index contributed by atoms with van der Waals surface area (Å²) in [6, 6.07) is 15.7. The Balaban J connectivity index is 1.15. The molecule has 3 aromatic rings. The second kappa shape index (κ2) is 17.8. The Hall–Kier alpha value is -3.27. The van der Waals surface area contributed by atoms with Crippen molar-refractivity contribution < 1.29 is 17.9 Å². The summed E-state index contributed by atoms with van der Waals surface area (Å²) in [5.74, 6) is 0.300. The molecule has 2 aliphatic carbocycles. The van der Waals surface area contributed by atoms with Crippen LogP contribution in [0.2, 0.25) is 0 Å². The Morgan fingerprint density at radius 3 is 2.13 bits per heavy atom. The lowest BCUT2D eigenvalue weighted by atomic mass is 9.70. The van der Waals surface area contributed by atoms with Crippen LogP contribution in [0.4, 0.5) is 13.2 Å². The lowest BCUT2D eigenvalue weighted by Crippen LogP contribution is -2.23. The van der Waals surface area contributed by atoms with E-state index in [9.17, 15) is 4.39 Å². The third kappa shape index (κ3) is 9.42. The molecule has 2 aliphatic rings. The Kier molecular flexibility index (Phi) is 13.2. The van der Waals surface area contributed by atoms with Crippen molar-refractivity contribution in [1.29, 1.82) is 0 Å². The number of unbranched alkanes of at least 4 members (excludes halogenated alkanes) is 5. The van der Waals surface area contributed by atoms with Crippen LogP contribution in [0.3, 0.4) is 0 Å². The van der Waals surface area contributed by atoms with E-state index in [1.54, 1.807) is 24.3 Å². The summed E-state index contributed by atoms with van der Waals surface area (Å²) in [4.78, 5) is 0.